The van der Waals surface area contributed by atoms with Crippen molar-refractivity contribution in [1.29, 1.82) is 0 Å². The van der Waals surface area contributed by atoms with Gasteiger partial charge in [-0.05, 0) is 38.5 Å². The number of aromatic nitrogens is 1. The zero-order valence-electron chi connectivity index (χ0n) is 11.0. The van der Waals surface area contributed by atoms with Gasteiger partial charge in [-0.3, -0.25) is 0 Å². The van der Waals surface area contributed by atoms with E-state index in [-0.39, 0.29) is 5.82 Å². The maximum Gasteiger partial charge on any atom is 0.350 e. The number of thiazole rings is 1. The molecular formula is C14H14FNO2S. The minimum atomic E-state index is -0.406. The fourth-order valence-electron chi connectivity index (χ4n) is 1.69. The Morgan fingerprint density at radius 2 is 2.16 bits per heavy atom. The number of esters is 1. The second-order valence-corrected chi connectivity index (χ2v) is 5.14. The van der Waals surface area contributed by atoms with Gasteiger partial charge in [-0.15, -0.1) is 11.3 Å². The van der Waals surface area contributed by atoms with Gasteiger partial charge in [0.15, 0.2) is 0 Å². The number of halogens is 1. The maximum absolute atomic E-state index is 13.9. The quantitative estimate of drug-likeness (QED) is 0.803. The summed E-state index contributed by atoms with van der Waals surface area (Å²) >= 11 is 1.16. The fourth-order valence-corrected chi connectivity index (χ4v) is 2.68. The standard InChI is InChI=1S/C14H14FNO2S/c1-4-18-14(17)12-9(3)16-13(19-12)10-6-5-8(2)7-11(10)15/h5-7H,4H2,1-3H3. The number of nitrogens with zero attached hydrogens (tertiary/aromatic N) is 1. The van der Waals surface area contributed by atoms with E-state index in [0.717, 1.165) is 16.9 Å². The van der Waals surface area contributed by atoms with E-state index in [1.807, 2.05) is 13.0 Å². The molecule has 1 aromatic carbocycles. The van der Waals surface area contributed by atoms with Crippen molar-refractivity contribution in [2.24, 2.45) is 0 Å². The van der Waals surface area contributed by atoms with Crippen LogP contribution >= 0.6 is 11.3 Å². The zero-order valence-corrected chi connectivity index (χ0v) is 11.8. The van der Waals surface area contributed by atoms with Gasteiger partial charge in [0.1, 0.15) is 15.7 Å². The Balaban J connectivity index is 2.42. The lowest BCUT2D eigenvalue weighted by Gasteiger charge is -2.00. The molecule has 0 saturated heterocycles. The van der Waals surface area contributed by atoms with Gasteiger partial charge in [0, 0.05) is 5.56 Å². The predicted octanol–water partition coefficient (Wildman–Crippen LogP) is 3.74. The van der Waals surface area contributed by atoms with Crippen LogP contribution in [0.25, 0.3) is 10.6 Å². The number of hydrogen-bond acceptors (Lipinski definition) is 4. The van der Waals surface area contributed by atoms with Crippen LogP contribution in [0.5, 0.6) is 0 Å². The first kappa shape index (κ1) is 13.7. The van der Waals surface area contributed by atoms with Gasteiger partial charge in [0.25, 0.3) is 0 Å². The molecule has 1 aromatic heterocycles. The molecule has 0 spiro atoms. The number of benzene rings is 1. The molecular weight excluding hydrogens is 265 g/mol. The maximum atomic E-state index is 13.9. The highest BCUT2D eigenvalue weighted by molar-refractivity contribution is 7.17. The molecule has 3 nitrogen and oxygen atoms in total. The van der Waals surface area contributed by atoms with Crippen molar-refractivity contribution >= 4 is 17.3 Å². The Hall–Kier alpha value is -1.75. The molecule has 0 aliphatic rings. The Labute approximate surface area is 115 Å². The summed E-state index contributed by atoms with van der Waals surface area (Å²) in [6, 6.07) is 4.95. The molecule has 0 unspecified atom stereocenters. The summed E-state index contributed by atoms with van der Waals surface area (Å²) in [5.74, 6) is -0.736. The summed E-state index contributed by atoms with van der Waals surface area (Å²) in [4.78, 5) is 16.4. The van der Waals surface area contributed by atoms with E-state index in [0.29, 0.717) is 27.7 Å². The van der Waals surface area contributed by atoms with Crippen molar-refractivity contribution in [1.82, 2.24) is 4.98 Å². The van der Waals surface area contributed by atoms with E-state index in [2.05, 4.69) is 4.98 Å². The van der Waals surface area contributed by atoms with Crippen LogP contribution in [0.3, 0.4) is 0 Å². The first-order chi connectivity index (χ1) is 9.02. The van der Waals surface area contributed by atoms with Crippen LogP contribution in [0.4, 0.5) is 4.39 Å². The van der Waals surface area contributed by atoms with Crippen molar-refractivity contribution in [2.75, 3.05) is 6.61 Å². The summed E-state index contributed by atoms with van der Waals surface area (Å²) in [5.41, 5.74) is 1.83. The lowest BCUT2D eigenvalue weighted by Crippen LogP contribution is -2.03. The molecule has 5 heteroatoms. The first-order valence-corrected chi connectivity index (χ1v) is 6.75. The highest BCUT2D eigenvalue weighted by Gasteiger charge is 2.18. The fraction of sp³-hybridized carbons (Fsp3) is 0.286. The molecule has 0 aliphatic carbocycles. The van der Waals surface area contributed by atoms with E-state index < -0.39 is 5.97 Å². The second kappa shape index (κ2) is 5.48. The van der Waals surface area contributed by atoms with E-state index >= 15 is 0 Å². The molecule has 2 aromatic rings. The summed E-state index contributed by atoms with van der Waals surface area (Å²) in [7, 11) is 0. The van der Waals surface area contributed by atoms with E-state index in [1.165, 1.54) is 6.07 Å². The van der Waals surface area contributed by atoms with Crippen molar-refractivity contribution in [3.63, 3.8) is 0 Å². The predicted molar refractivity (Wildman–Crippen MR) is 72.9 cm³/mol. The van der Waals surface area contributed by atoms with Crippen molar-refractivity contribution in [2.45, 2.75) is 20.8 Å². The molecule has 0 amide bonds. The molecule has 1 heterocycles. The van der Waals surface area contributed by atoms with Crippen LogP contribution < -0.4 is 0 Å². The van der Waals surface area contributed by atoms with Gasteiger partial charge >= 0.3 is 5.97 Å². The van der Waals surface area contributed by atoms with Gasteiger partial charge in [0.2, 0.25) is 0 Å². The summed E-state index contributed by atoms with van der Waals surface area (Å²) < 4.78 is 18.8. The van der Waals surface area contributed by atoms with Crippen LogP contribution in [0.2, 0.25) is 0 Å². The highest BCUT2D eigenvalue weighted by atomic mass is 32.1. The van der Waals surface area contributed by atoms with Crippen LogP contribution in [0, 0.1) is 19.7 Å². The third-order valence-corrected chi connectivity index (χ3v) is 3.78. The van der Waals surface area contributed by atoms with Crippen LogP contribution in [-0.2, 0) is 4.74 Å². The molecule has 2 rings (SSSR count). The molecule has 0 aliphatic heterocycles. The number of ether oxygens (including phenoxy) is 1. The molecule has 0 saturated carbocycles. The molecule has 100 valence electrons. The minimum absolute atomic E-state index is 0.310. The third kappa shape index (κ3) is 2.81. The lowest BCUT2D eigenvalue weighted by atomic mass is 10.1. The summed E-state index contributed by atoms with van der Waals surface area (Å²) in [5, 5.41) is 0.498. The molecule has 0 bridgehead atoms. The number of carbonyl (C=O) groups excluding carboxylic acids is 1. The average molecular weight is 279 g/mol. The molecule has 0 radical (unpaired) electrons. The summed E-state index contributed by atoms with van der Waals surface area (Å²) in [6.07, 6.45) is 0. The average Bonchev–Trinajstić information content (AvgIpc) is 2.71. The van der Waals surface area contributed by atoms with Crippen molar-refractivity contribution in [3.05, 3.63) is 40.2 Å². The molecule has 19 heavy (non-hydrogen) atoms. The Morgan fingerprint density at radius 3 is 2.79 bits per heavy atom. The number of aryl methyl sites for hydroxylation is 2. The molecule has 0 fully saturated rings. The van der Waals surface area contributed by atoms with Crippen LogP contribution in [0.1, 0.15) is 27.9 Å². The zero-order chi connectivity index (χ0) is 14.0. The van der Waals surface area contributed by atoms with Gasteiger partial charge < -0.3 is 4.74 Å². The molecule has 0 N–H and O–H groups in total. The van der Waals surface area contributed by atoms with Gasteiger partial charge in [-0.1, -0.05) is 6.07 Å². The Bertz CT molecular complexity index is 622. The monoisotopic (exact) mass is 279 g/mol. The SMILES string of the molecule is CCOC(=O)c1sc(-c2ccc(C)cc2F)nc1C. The molecule has 0 atom stereocenters. The van der Waals surface area contributed by atoms with Crippen molar-refractivity contribution in [3.8, 4) is 10.6 Å². The summed E-state index contributed by atoms with van der Waals surface area (Å²) in [6.45, 7) is 5.60. The lowest BCUT2D eigenvalue weighted by molar-refractivity contribution is 0.0531. The van der Waals surface area contributed by atoms with E-state index in [1.54, 1.807) is 19.9 Å². The number of rotatable bonds is 3. The number of carbonyl (C=O) groups is 1. The topological polar surface area (TPSA) is 39.2 Å². The Morgan fingerprint density at radius 1 is 1.42 bits per heavy atom. The van der Waals surface area contributed by atoms with Crippen LogP contribution in [-0.4, -0.2) is 17.6 Å². The number of hydrogen-bond donors (Lipinski definition) is 0. The third-order valence-electron chi connectivity index (χ3n) is 2.61. The van der Waals surface area contributed by atoms with Gasteiger partial charge in [-0.2, -0.15) is 0 Å². The first-order valence-electron chi connectivity index (χ1n) is 5.94. The smallest absolute Gasteiger partial charge is 0.350 e. The van der Waals surface area contributed by atoms with E-state index in [4.69, 9.17) is 4.74 Å². The normalized spacial score (nSPS) is 10.5. The van der Waals surface area contributed by atoms with Crippen molar-refractivity contribution < 1.29 is 13.9 Å². The largest absolute Gasteiger partial charge is 0.462 e. The highest BCUT2D eigenvalue weighted by Crippen LogP contribution is 2.30. The van der Waals surface area contributed by atoms with Gasteiger partial charge in [-0.25, -0.2) is 14.2 Å². The minimum Gasteiger partial charge on any atom is -0.462 e. The van der Waals surface area contributed by atoms with Gasteiger partial charge in [0.05, 0.1) is 12.3 Å². The second-order valence-electron chi connectivity index (χ2n) is 4.14. The van der Waals surface area contributed by atoms with Crippen LogP contribution in [0.15, 0.2) is 18.2 Å². The Kier molecular flexibility index (Phi) is 3.95. The van der Waals surface area contributed by atoms with E-state index in [9.17, 15) is 9.18 Å².